The maximum absolute atomic E-state index is 11.9. The summed E-state index contributed by atoms with van der Waals surface area (Å²) in [6.07, 6.45) is 3.21. The van der Waals surface area contributed by atoms with Crippen molar-refractivity contribution in [2.75, 3.05) is 19.7 Å². The van der Waals surface area contributed by atoms with Gasteiger partial charge in [-0.2, -0.15) is 0 Å². The third-order valence-electron chi connectivity index (χ3n) is 3.92. The molecular weight excluding hydrogens is 244 g/mol. The second-order valence-corrected chi connectivity index (χ2v) is 5.60. The van der Waals surface area contributed by atoms with Gasteiger partial charge in [-0.3, -0.25) is 9.69 Å². The molecule has 3 N–H and O–H groups in total. The number of aromatic amines is 1. The van der Waals surface area contributed by atoms with Crippen LogP contribution in [0.5, 0.6) is 0 Å². The maximum Gasteiger partial charge on any atom is 0.187 e. The van der Waals surface area contributed by atoms with E-state index in [0.29, 0.717) is 25.1 Å². The van der Waals surface area contributed by atoms with Crippen LogP contribution >= 0.6 is 0 Å². The second kappa shape index (κ2) is 5.45. The number of pyridine rings is 1. The molecule has 0 saturated carbocycles. The molecule has 5 nitrogen and oxygen atoms in total. The third-order valence-corrected chi connectivity index (χ3v) is 3.92. The molecule has 0 radical (unpaired) electrons. The number of aryl methyl sites for hydroxylation is 1. The molecule has 0 spiro atoms. The molecule has 1 fully saturated rings. The number of aromatic nitrogens is 1. The van der Waals surface area contributed by atoms with E-state index in [0.717, 1.165) is 24.2 Å². The van der Waals surface area contributed by atoms with E-state index in [1.807, 2.05) is 6.92 Å². The van der Waals surface area contributed by atoms with Gasteiger partial charge in [0.05, 0.1) is 6.61 Å². The number of hydrogen-bond acceptors (Lipinski definition) is 4. The summed E-state index contributed by atoms with van der Waals surface area (Å²) < 4.78 is 0. The molecule has 1 aromatic rings. The summed E-state index contributed by atoms with van der Waals surface area (Å²) in [5.41, 5.74) is 1.41. The fourth-order valence-electron chi connectivity index (χ4n) is 2.66. The largest absolute Gasteiger partial charge is 0.393 e. The van der Waals surface area contributed by atoms with E-state index in [-0.39, 0.29) is 12.0 Å². The highest BCUT2D eigenvalue weighted by Gasteiger charge is 2.32. The lowest BCUT2D eigenvalue weighted by Crippen LogP contribution is -2.50. The van der Waals surface area contributed by atoms with Gasteiger partial charge in [0.2, 0.25) is 0 Å². The second-order valence-electron chi connectivity index (χ2n) is 5.60. The number of likely N-dealkylation sites (tertiary alicyclic amines) is 1. The summed E-state index contributed by atoms with van der Waals surface area (Å²) in [6, 6.07) is 0. The molecule has 1 aliphatic rings. The van der Waals surface area contributed by atoms with E-state index >= 15 is 0 Å². The summed E-state index contributed by atoms with van der Waals surface area (Å²) in [4.78, 5) is 17.1. The Bertz CT molecular complexity index is 512. The molecule has 1 saturated heterocycles. The number of nitrogens with one attached hydrogen (secondary N) is 1. The van der Waals surface area contributed by atoms with Crippen molar-refractivity contribution >= 4 is 0 Å². The summed E-state index contributed by atoms with van der Waals surface area (Å²) in [7, 11) is 0. The van der Waals surface area contributed by atoms with Crippen molar-refractivity contribution in [1.29, 1.82) is 0 Å². The molecular formula is C14H22N2O3. The van der Waals surface area contributed by atoms with E-state index in [4.69, 9.17) is 0 Å². The number of hydrogen-bond donors (Lipinski definition) is 3. The first kappa shape index (κ1) is 14.2. The molecule has 2 rings (SSSR count). The number of piperidine rings is 1. The van der Waals surface area contributed by atoms with Crippen molar-refractivity contribution in [3.63, 3.8) is 0 Å². The van der Waals surface area contributed by atoms with E-state index in [9.17, 15) is 15.0 Å². The highest BCUT2D eigenvalue weighted by molar-refractivity contribution is 5.23. The molecule has 1 atom stereocenters. The molecule has 1 aromatic heterocycles. The van der Waals surface area contributed by atoms with Crippen molar-refractivity contribution in [1.82, 2.24) is 9.88 Å². The summed E-state index contributed by atoms with van der Waals surface area (Å²) in [5, 5.41) is 19.4. The van der Waals surface area contributed by atoms with Crippen LogP contribution in [0.3, 0.4) is 0 Å². The smallest absolute Gasteiger partial charge is 0.187 e. The predicted molar refractivity (Wildman–Crippen MR) is 73.1 cm³/mol. The predicted octanol–water partition coefficient (Wildman–Crippen LogP) is 0.311. The molecule has 106 valence electrons. The Hall–Kier alpha value is -1.17. The minimum atomic E-state index is -1.00. The summed E-state index contributed by atoms with van der Waals surface area (Å²) in [5.74, 6) is 0. The molecule has 0 unspecified atom stereocenters. The van der Waals surface area contributed by atoms with Gasteiger partial charge in [-0.1, -0.05) is 0 Å². The van der Waals surface area contributed by atoms with Gasteiger partial charge in [0.1, 0.15) is 5.60 Å². The standard InChI is InChI=1S/C14H22N2O3/c1-10-6-15-12(11(2)13(10)18)7-16-5-3-4-14(19,8-16)9-17/h6,17,19H,3-5,7-9H2,1-2H3,(H,15,18)/t14-/m1/s1. The average molecular weight is 266 g/mol. The number of aliphatic hydroxyl groups excluding tert-OH is 1. The van der Waals surface area contributed by atoms with Crippen LogP contribution in [0.1, 0.15) is 29.7 Å². The maximum atomic E-state index is 11.9. The minimum absolute atomic E-state index is 0.0724. The van der Waals surface area contributed by atoms with Gasteiger partial charge in [-0.05, 0) is 33.2 Å². The lowest BCUT2D eigenvalue weighted by molar-refractivity contribution is -0.0689. The molecule has 0 amide bonds. The normalized spacial score (nSPS) is 24.6. The van der Waals surface area contributed by atoms with E-state index in [2.05, 4.69) is 9.88 Å². The van der Waals surface area contributed by atoms with Gasteiger partial charge < -0.3 is 15.2 Å². The average Bonchev–Trinajstić information content (AvgIpc) is 2.40. The van der Waals surface area contributed by atoms with Crippen molar-refractivity contribution in [3.05, 3.63) is 33.2 Å². The fraction of sp³-hybridized carbons (Fsp3) is 0.643. The quantitative estimate of drug-likeness (QED) is 0.736. The summed E-state index contributed by atoms with van der Waals surface area (Å²) in [6.45, 7) is 5.32. The van der Waals surface area contributed by atoms with Crippen LogP contribution in [-0.4, -0.2) is 45.4 Å². The first-order valence-corrected chi connectivity index (χ1v) is 6.68. The third kappa shape index (κ3) is 3.05. The molecule has 0 aliphatic carbocycles. The molecule has 0 bridgehead atoms. The van der Waals surface area contributed by atoms with Crippen LogP contribution in [-0.2, 0) is 6.54 Å². The van der Waals surface area contributed by atoms with Gasteiger partial charge in [0.25, 0.3) is 0 Å². The Morgan fingerprint density at radius 1 is 1.47 bits per heavy atom. The first-order chi connectivity index (χ1) is 8.95. The number of nitrogens with zero attached hydrogens (tertiary/aromatic N) is 1. The van der Waals surface area contributed by atoms with Gasteiger partial charge in [-0.25, -0.2) is 0 Å². The Kier molecular flexibility index (Phi) is 4.08. The van der Waals surface area contributed by atoms with Gasteiger partial charge in [-0.15, -0.1) is 0 Å². The lowest BCUT2D eigenvalue weighted by atomic mass is 9.93. The van der Waals surface area contributed by atoms with Crippen molar-refractivity contribution in [2.45, 2.75) is 38.8 Å². The van der Waals surface area contributed by atoms with E-state index < -0.39 is 5.60 Å². The molecule has 1 aliphatic heterocycles. The molecule has 5 heteroatoms. The monoisotopic (exact) mass is 266 g/mol. The van der Waals surface area contributed by atoms with E-state index in [1.54, 1.807) is 13.1 Å². The molecule has 0 aromatic carbocycles. The zero-order valence-corrected chi connectivity index (χ0v) is 11.6. The number of rotatable bonds is 3. The van der Waals surface area contributed by atoms with Crippen LogP contribution in [0.25, 0.3) is 0 Å². The topological polar surface area (TPSA) is 76.6 Å². The summed E-state index contributed by atoms with van der Waals surface area (Å²) >= 11 is 0. The van der Waals surface area contributed by atoms with Crippen LogP contribution in [0.15, 0.2) is 11.0 Å². The van der Waals surface area contributed by atoms with Crippen LogP contribution in [0.4, 0.5) is 0 Å². The van der Waals surface area contributed by atoms with Gasteiger partial charge >= 0.3 is 0 Å². The van der Waals surface area contributed by atoms with Crippen molar-refractivity contribution in [2.24, 2.45) is 0 Å². The highest BCUT2D eigenvalue weighted by Crippen LogP contribution is 2.22. The Labute approximate surface area is 112 Å². The van der Waals surface area contributed by atoms with Crippen LogP contribution < -0.4 is 5.43 Å². The highest BCUT2D eigenvalue weighted by atomic mass is 16.3. The Morgan fingerprint density at radius 3 is 2.89 bits per heavy atom. The number of H-pyrrole nitrogens is 1. The minimum Gasteiger partial charge on any atom is -0.393 e. The van der Waals surface area contributed by atoms with Gasteiger partial charge in [0.15, 0.2) is 5.43 Å². The van der Waals surface area contributed by atoms with Crippen LogP contribution in [0, 0.1) is 13.8 Å². The molecule has 19 heavy (non-hydrogen) atoms. The lowest BCUT2D eigenvalue weighted by Gasteiger charge is -2.38. The zero-order valence-electron chi connectivity index (χ0n) is 11.6. The Balaban J connectivity index is 2.14. The number of aliphatic hydroxyl groups is 2. The van der Waals surface area contributed by atoms with Crippen LogP contribution in [0.2, 0.25) is 0 Å². The zero-order chi connectivity index (χ0) is 14.0. The fourth-order valence-corrected chi connectivity index (χ4v) is 2.66. The SMILES string of the molecule is Cc1c[nH]c(CN2CCC[C@](O)(CO)C2)c(C)c1=O. The van der Waals surface area contributed by atoms with Gasteiger partial charge in [0, 0.05) is 36.1 Å². The van der Waals surface area contributed by atoms with Crippen molar-refractivity contribution < 1.29 is 10.2 Å². The Morgan fingerprint density at radius 2 is 2.21 bits per heavy atom. The van der Waals surface area contributed by atoms with Crippen molar-refractivity contribution in [3.8, 4) is 0 Å². The van der Waals surface area contributed by atoms with E-state index in [1.165, 1.54) is 0 Å². The molecule has 2 heterocycles. The first-order valence-electron chi connectivity index (χ1n) is 6.68. The number of β-amino-alcohol motifs (C(OH)–C–C–N with tert-alkyl or cyclic N) is 1.